The molecule has 1 N–H and O–H groups in total. The highest BCUT2D eigenvalue weighted by Crippen LogP contribution is 2.27. The van der Waals surface area contributed by atoms with Crippen LogP contribution in [0.25, 0.3) is 11.0 Å². The molecule has 1 aliphatic heterocycles. The normalized spacial score (nSPS) is 15.7. The van der Waals surface area contributed by atoms with Crippen molar-refractivity contribution in [1.29, 1.82) is 0 Å². The molecule has 3 aromatic rings. The zero-order chi connectivity index (χ0) is 21.8. The van der Waals surface area contributed by atoms with E-state index >= 15 is 0 Å². The number of carbonyl (C=O) groups is 1. The van der Waals surface area contributed by atoms with E-state index in [4.69, 9.17) is 13.9 Å². The lowest BCUT2D eigenvalue weighted by Gasteiger charge is -2.35. The average molecular weight is 423 g/mol. The minimum Gasteiger partial charge on any atom is -0.497 e. The number of fused-ring (bicyclic) bond motifs is 1. The highest BCUT2D eigenvalue weighted by Gasteiger charge is 2.23. The Balaban J connectivity index is 1.46. The Bertz CT molecular complexity index is 1040. The van der Waals surface area contributed by atoms with Crippen molar-refractivity contribution in [1.82, 2.24) is 10.2 Å². The number of benzene rings is 2. The zero-order valence-electron chi connectivity index (χ0n) is 18.4. The standard InChI is InChI=1S/C25H30N2O4/c1-17-4-9-22-20(16-31-25(22)18(17)2)14-24(28)26-15-23(27-10-12-30-13-11-27)19-5-7-21(29-3)8-6-19/h4-9,16,23H,10-15H2,1-3H3,(H,26,28). The van der Waals surface area contributed by atoms with E-state index in [1.165, 1.54) is 5.56 Å². The quantitative estimate of drug-likeness (QED) is 0.628. The van der Waals surface area contributed by atoms with Gasteiger partial charge in [0.05, 0.1) is 39.0 Å². The van der Waals surface area contributed by atoms with Crippen molar-refractivity contribution in [2.75, 3.05) is 40.0 Å². The van der Waals surface area contributed by atoms with Crippen molar-refractivity contribution in [2.45, 2.75) is 26.3 Å². The van der Waals surface area contributed by atoms with Crippen LogP contribution < -0.4 is 10.1 Å². The third-order valence-electron chi connectivity index (χ3n) is 6.17. The molecule has 2 aromatic carbocycles. The number of rotatable bonds is 7. The molecule has 1 amide bonds. The van der Waals surface area contributed by atoms with E-state index < -0.39 is 0 Å². The number of morpholine rings is 1. The van der Waals surface area contributed by atoms with Gasteiger partial charge in [0.15, 0.2) is 0 Å². The molecule has 0 spiro atoms. The summed E-state index contributed by atoms with van der Waals surface area (Å²) in [6.45, 7) is 7.76. The number of aryl methyl sites for hydroxylation is 2. The van der Waals surface area contributed by atoms with Gasteiger partial charge in [-0.25, -0.2) is 0 Å². The van der Waals surface area contributed by atoms with Crippen LogP contribution in [0, 0.1) is 13.8 Å². The Morgan fingerprint density at radius 2 is 1.87 bits per heavy atom. The maximum Gasteiger partial charge on any atom is 0.224 e. The van der Waals surface area contributed by atoms with E-state index in [1.807, 2.05) is 25.1 Å². The molecule has 4 rings (SSSR count). The SMILES string of the molecule is COc1ccc(C(CNC(=O)Cc2coc3c(C)c(C)ccc23)N2CCOCC2)cc1. The third-order valence-corrected chi connectivity index (χ3v) is 6.17. The monoisotopic (exact) mass is 422 g/mol. The van der Waals surface area contributed by atoms with Crippen LogP contribution in [0.3, 0.4) is 0 Å². The molecule has 1 unspecified atom stereocenters. The van der Waals surface area contributed by atoms with Crippen molar-refractivity contribution in [3.63, 3.8) is 0 Å². The Labute approximate surface area is 183 Å². The van der Waals surface area contributed by atoms with Crippen molar-refractivity contribution in [3.8, 4) is 5.75 Å². The molecule has 2 heterocycles. The summed E-state index contributed by atoms with van der Waals surface area (Å²) in [6.07, 6.45) is 2.01. The topological polar surface area (TPSA) is 63.9 Å². The van der Waals surface area contributed by atoms with Gasteiger partial charge in [-0.05, 0) is 42.7 Å². The van der Waals surface area contributed by atoms with Crippen LogP contribution in [0.5, 0.6) is 5.75 Å². The summed E-state index contributed by atoms with van der Waals surface area (Å²) in [6, 6.07) is 12.3. The molecule has 1 aliphatic rings. The first-order valence-corrected chi connectivity index (χ1v) is 10.8. The van der Waals surface area contributed by atoms with E-state index in [0.717, 1.165) is 46.5 Å². The molecule has 1 aromatic heterocycles. The van der Waals surface area contributed by atoms with E-state index in [2.05, 4.69) is 35.3 Å². The fourth-order valence-electron chi connectivity index (χ4n) is 4.14. The number of hydrogen-bond donors (Lipinski definition) is 1. The Kier molecular flexibility index (Phi) is 6.59. The van der Waals surface area contributed by atoms with Crippen LogP contribution in [-0.4, -0.2) is 50.8 Å². The van der Waals surface area contributed by atoms with Gasteiger partial charge in [0.25, 0.3) is 0 Å². The number of methoxy groups -OCH3 is 1. The first kappa shape index (κ1) is 21.4. The highest BCUT2D eigenvalue weighted by molar-refractivity contribution is 5.89. The summed E-state index contributed by atoms with van der Waals surface area (Å²) in [4.78, 5) is 15.2. The summed E-state index contributed by atoms with van der Waals surface area (Å²) >= 11 is 0. The van der Waals surface area contributed by atoms with Gasteiger partial charge >= 0.3 is 0 Å². The summed E-state index contributed by atoms with van der Waals surface area (Å²) in [5.41, 5.74) is 5.25. The second kappa shape index (κ2) is 9.54. The maximum absolute atomic E-state index is 12.8. The first-order chi connectivity index (χ1) is 15.1. The van der Waals surface area contributed by atoms with Crippen molar-refractivity contribution >= 4 is 16.9 Å². The Hall–Kier alpha value is -2.83. The molecule has 31 heavy (non-hydrogen) atoms. The molecular weight excluding hydrogens is 392 g/mol. The van der Waals surface area contributed by atoms with Gasteiger partial charge in [-0.2, -0.15) is 0 Å². The van der Waals surface area contributed by atoms with Crippen molar-refractivity contribution in [2.24, 2.45) is 0 Å². The average Bonchev–Trinajstić information content (AvgIpc) is 3.20. The van der Waals surface area contributed by atoms with Gasteiger partial charge in [0.2, 0.25) is 5.91 Å². The number of amides is 1. The van der Waals surface area contributed by atoms with Gasteiger partial charge in [0, 0.05) is 30.6 Å². The largest absolute Gasteiger partial charge is 0.497 e. The number of nitrogens with one attached hydrogen (secondary N) is 1. The molecule has 0 saturated carbocycles. The maximum atomic E-state index is 12.8. The highest BCUT2D eigenvalue weighted by atomic mass is 16.5. The van der Waals surface area contributed by atoms with Gasteiger partial charge in [-0.3, -0.25) is 9.69 Å². The molecular formula is C25H30N2O4. The van der Waals surface area contributed by atoms with E-state index in [9.17, 15) is 4.79 Å². The van der Waals surface area contributed by atoms with E-state index in [1.54, 1.807) is 13.4 Å². The van der Waals surface area contributed by atoms with Crippen LogP contribution in [0.4, 0.5) is 0 Å². The summed E-state index contributed by atoms with van der Waals surface area (Å²) in [5, 5.41) is 4.15. The van der Waals surface area contributed by atoms with Gasteiger partial charge < -0.3 is 19.2 Å². The molecule has 1 saturated heterocycles. The van der Waals surface area contributed by atoms with E-state index in [0.29, 0.717) is 26.2 Å². The Morgan fingerprint density at radius 3 is 2.58 bits per heavy atom. The van der Waals surface area contributed by atoms with Gasteiger partial charge in [-0.15, -0.1) is 0 Å². The second-order valence-corrected chi connectivity index (χ2v) is 8.06. The van der Waals surface area contributed by atoms with Crippen LogP contribution >= 0.6 is 0 Å². The first-order valence-electron chi connectivity index (χ1n) is 10.8. The van der Waals surface area contributed by atoms with Crippen LogP contribution in [-0.2, 0) is 16.0 Å². The van der Waals surface area contributed by atoms with Crippen molar-refractivity contribution in [3.05, 3.63) is 64.9 Å². The minimum atomic E-state index is -0.00676. The summed E-state index contributed by atoms with van der Waals surface area (Å²) < 4.78 is 16.6. The lowest BCUT2D eigenvalue weighted by Crippen LogP contribution is -2.44. The lowest BCUT2D eigenvalue weighted by atomic mass is 10.0. The van der Waals surface area contributed by atoms with Gasteiger partial charge in [-0.1, -0.05) is 24.3 Å². The molecule has 6 nitrogen and oxygen atoms in total. The molecule has 0 aliphatic carbocycles. The fourth-order valence-corrected chi connectivity index (χ4v) is 4.14. The summed E-state index contributed by atoms with van der Waals surface area (Å²) in [7, 11) is 1.66. The fraction of sp³-hybridized carbons (Fsp3) is 0.400. The summed E-state index contributed by atoms with van der Waals surface area (Å²) in [5.74, 6) is 0.818. The predicted molar refractivity (Wildman–Crippen MR) is 121 cm³/mol. The second-order valence-electron chi connectivity index (χ2n) is 8.06. The smallest absolute Gasteiger partial charge is 0.224 e. The van der Waals surface area contributed by atoms with Crippen LogP contribution in [0.15, 0.2) is 47.1 Å². The Morgan fingerprint density at radius 1 is 1.13 bits per heavy atom. The molecule has 1 fully saturated rings. The predicted octanol–water partition coefficient (Wildman–Crippen LogP) is 3.79. The molecule has 0 radical (unpaired) electrons. The number of carbonyl (C=O) groups excluding carboxylic acids is 1. The molecule has 6 heteroatoms. The number of hydrogen-bond acceptors (Lipinski definition) is 5. The third kappa shape index (κ3) is 4.75. The lowest BCUT2D eigenvalue weighted by molar-refractivity contribution is -0.120. The molecule has 1 atom stereocenters. The zero-order valence-corrected chi connectivity index (χ0v) is 18.4. The van der Waals surface area contributed by atoms with Gasteiger partial charge in [0.1, 0.15) is 11.3 Å². The van der Waals surface area contributed by atoms with Crippen LogP contribution in [0.1, 0.15) is 28.3 Å². The van der Waals surface area contributed by atoms with Crippen LogP contribution in [0.2, 0.25) is 0 Å². The van der Waals surface area contributed by atoms with E-state index in [-0.39, 0.29) is 11.9 Å². The molecule has 0 bridgehead atoms. The van der Waals surface area contributed by atoms with Crippen molar-refractivity contribution < 1.29 is 18.7 Å². The minimum absolute atomic E-state index is 0.00676. The number of furan rings is 1. The number of nitrogens with zero attached hydrogens (tertiary/aromatic N) is 1. The molecule has 164 valence electrons. The number of ether oxygens (including phenoxy) is 2.